The number of aromatic nitrogens is 4. The first-order valence-electron chi connectivity index (χ1n) is 10.9. The second kappa shape index (κ2) is 9.28. The molecule has 0 bridgehead atoms. The Hall–Kier alpha value is -3.94. The summed E-state index contributed by atoms with van der Waals surface area (Å²) >= 11 is 0. The van der Waals surface area contributed by atoms with Crippen molar-refractivity contribution in [2.75, 3.05) is 4.90 Å². The summed E-state index contributed by atoms with van der Waals surface area (Å²) in [6.07, 6.45) is 2.40. The molecular formula is C25H27N5O3. The Bertz CT molecular complexity index is 1420. The maximum Gasteiger partial charge on any atom is 0.332 e. The Morgan fingerprint density at radius 2 is 1.76 bits per heavy atom. The smallest absolute Gasteiger partial charge is 0.325 e. The minimum Gasteiger partial charge on any atom is -0.325 e. The van der Waals surface area contributed by atoms with Crippen LogP contribution in [0.15, 0.2) is 70.5 Å². The van der Waals surface area contributed by atoms with E-state index in [9.17, 15) is 14.4 Å². The molecular weight excluding hydrogens is 418 g/mol. The molecule has 0 aliphatic rings. The highest BCUT2D eigenvalue weighted by Crippen LogP contribution is 2.20. The van der Waals surface area contributed by atoms with Crippen molar-refractivity contribution in [1.29, 1.82) is 0 Å². The minimum absolute atomic E-state index is 0.00850. The summed E-state index contributed by atoms with van der Waals surface area (Å²) < 4.78 is 4.15. The summed E-state index contributed by atoms with van der Waals surface area (Å²) in [4.78, 5) is 44.1. The molecule has 2 aromatic heterocycles. The van der Waals surface area contributed by atoms with E-state index in [1.807, 2.05) is 61.5 Å². The average Bonchev–Trinajstić information content (AvgIpc) is 3.24. The van der Waals surface area contributed by atoms with E-state index < -0.39 is 5.69 Å². The third kappa shape index (κ3) is 4.50. The highest BCUT2D eigenvalue weighted by atomic mass is 16.2. The number of carbonyl (C=O) groups excluding carboxylic acids is 1. The Morgan fingerprint density at radius 3 is 2.48 bits per heavy atom. The third-order valence-corrected chi connectivity index (χ3v) is 5.80. The molecule has 0 atom stereocenters. The molecule has 0 N–H and O–H groups in total. The fraction of sp³-hybridized carbons (Fsp3) is 0.280. The molecule has 8 nitrogen and oxygen atoms in total. The Labute approximate surface area is 191 Å². The molecule has 1 amide bonds. The van der Waals surface area contributed by atoms with Crippen LogP contribution in [0.25, 0.3) is 11.2 Å². The SMILES string of the molecule is Cc1cccc(N(Cc2ccccc2)C(=O)CCCn2cnc3c2c(=O)n(C)c(=O)n3C)c1. The largest absolute Gasteiger partial charge is 0.332 e. The first-order valence-corrected chi connectivity index (χ1v) is 10.9. The molecule has 2 heterocycles. The Kier molecular flexibility index (Phi) is 6.26. The van der Waals surface area contributed by atoms with Crippen LogP contribution in [0.5, 0.6) is 0 Å². The molecule has 170 valence electrons. The van der Waals surface area contributed by atoms with Gasteiger partial charge in [0.2, 0.25) is 5.91 Å². The van der Waals surface area contributed by atoms with Gasteiger partial charge in [0.05, 0.1) is 12.9 Å². The van der Waals surface area contributed by atoms with Gasteiger partial charge in [0.15, 0.2) is 11.2 Å². The lowest BCUT2D eigenvalue weighted by molar-refractivity contribution is -0.118. The Morgan fingerprint density at radius 1 is 1.00 bits per heavy atom. The molecule has 4 aromatic rings. The molecule has 0 fully saturated rings. The summed E-state index contributed by atoms with van der Waals surface area (Å²) in [6.45, 7) is 2.94. The lowest BCUT2D eigenvalue weighted by Crippen LogP contribution is -2.37. The normalized spacial score (nSPS) is 11.1. The topological polar surface area (TPSA) is 82.1 Å². The number of hydrogen-bond donors (Lipinski definition) is 0. The number of hydrogen-bond acceptors (Lipinski definition) is 4. The summed E-state index contributed by atoms with van der Waals surface area (Å²) in [5, 5.41) is 0. The van der Waals surface area contributed by atoms with Gasteiger partial charge in [0.1, 0.15) is 0 Å². The van der Waals surface area contributed by atoms with Gasteiger partial charge < -0.3 is 9.47 Å². The predicted molar refractivity (Wildman–Crippen MR) is 128 cm³/mol. The number of benzene rings is 2. The van der Waals surface area contributed by atoms with E-state index in [0.29, 0.717) is 37.1 Å². The highest BCUT2D eigenvalue weighted by molar-refractivity contribution is 5.93. The van der Waals surface area contributed by atoms with Gasteiger partial charge in [0.25, 0.3) is 5.56 Å². The van der Waals surface area contributed by atoms with Gasteiger partial charge in [-0.3, -0.25) is 18.7 Å². The summed E-state index contributed by atoms with van der Waals surface area (Å²) in [6, 6.07) is 17.8. The van der Waals surface area contributed by atoms with E-state index >= 15 is 0 Å². The van der Waals surface area contributed by atoms with Crippen molar-refractivity contribution in [2.24, 2.45) is 14.1 Å². The predicted octanol–water partition coefficient (Wildman–Crippen LogP) is 2.76. The molecule has 2 aromatic carbocycles. The monoisotopic (exact) mass is 445 g/mol. The lowest BCUT2D eigenvalue weighted by atomic mass is 10.1. The number of amides is 1. The lowest BCUT2D eigenvalue weighted by Gasteiger charge is -2.23. The molecule has 8 heteroatoms. The van der Waals surface area contributed by atoms with Crippen LogP contribution >= 0.6 is 0 Å². The van der Waals surface area contributed by atoms with E-state index in [1.165, 1.54) is 11.6 Å². The van der Waals surface area contributed by atoms with Crippen LogP contribution in [0.2, 0.25) is 0 Å². The molecule has 0 saturated heterocycles. The minimum atomic E-state index is -0.414. The molecule has 0 unspecified atom stereocenters. The molecule has 0 radical (unpaired) electrons. The quantitative estimate of drug-likeness (QED) is 0.438. The Balaban J connectivity index is 1.53. The zero-order valence-corrected chi connectivity index (χ0v) is 19.1. The van der Waals surface area contributed by atoms with Gasteiger partial charge in [-0.15, -0.1) is 0 Å². The maximum absolute atomic E-state index is 13.3. The zero-order valence-electron chi connectivity index (χ0n) is 19.1. The van der Waals surface area contributed by atoms with Crippen molar-refractivity contribution >= 4 is 22.8 Å². The van der Waals surface area contributed by atoms with Crippen LogP contribution in [0.4, 0.5) is 5.69 Å². The van der Waals surface area contributed by atoms with E-state index in [4.69, 9.17) is 0 Å². The fourth-order valence-corrected chi connectivity index (χ4v) is 3.99. The third-order valence-electron chi connectivity index (χ3n) is 5.80. The van der Waals surface area contributed by atoms with Crippen molar-refractivity contribution < 1.29 is 4.79 Å². The summed E-state index contributed by atoms with van der Waals surface area (Å²) in [5.41, 5.74) is 2.92. The van der Waals surface area contributed by atoms with Crippen LogP contribution < -0.4 is 16.1 Å². The van der Waals surface area contributed by atoms with Crippen molar-refractivity contribution in [1.82, 2.24) is 18.7 Å². The standard InChI is InChI=1S/C25H27N5O3/c1-18-9-7-12-20(15-18)30(16-19-10-5-4-6-11-19)21(31)13-8-14-29-17-26-23-22(29)24(32)28(3)25(33)27(23)2/h4-7,9-12,15,17H,8,13-14,16H2,1-3H3. The van der Waals surface area contributed by atoms with Gasteiger partial charge >= 0.3 is 5.69 Å². The van der Waals surface area contributed by atoms with Crippen molar-refractivity contribution in [3.05, 3.63) is 92.9 Å². The van der Waals surface area contributed by atoms with Crippen LogP contribution in [0, 0.1) is 6.92 Å². The first kappa shape index (κ1) is 22.3. The fourth-order valence-electron chi connectivity index (χ4n) is 3.99. The number of fused-ring (bicyclic) bond motifs is 1. The van der Waals surface area contributed by atoms with Gasteiger partial charge in [-0.05, 0) is 36.6 Å². The average molecular weight is 446 g/mol. The molecule has 0 aliphatic heterocycles. The van der Waals surface area contributed by atoms with E-state index in [2.05, 4.69) is 4.98 Å². The number of imidazole rings is 1. The maximum atomic E-state index is 13.3. The molecule has 0 saturated carbocycles. The molecule has 33 heavy (non-hydrogen) atoms. The van der Waals surface area contributed by atoms with Gasteiger partial charge in [-0.2, -0.15) is 0 Å². The van der Waals surface area contributed by atoms with Gasteiger partial charge in [-0.1, -0.05) is 42.5 Å². The van der Waals surface area contributed by atoms with Crippen LogP contribution in [-0.2, 0) is 32.0 Å². The summed E-state index contributed by atoms with van der Waals surface area (Å²) in [5.74, 6) is 0.00850. The van der Waals surface area contributed by atoms with Crippen molar-refractivity contribution in [3.8, 4) is 0 Å². The molecule has 0 aliphatic carbocycles. The van der Waals surface area contributed by atoms with Crippen molar-refractivity contribution in [2.45, 2.75) is 32.9 Å². The zero-order chi connectivity index (χ0) is 23.5. The van der Waals surface area contributed by atoms with Gasteiger partial charge in [0, 0.05) is 32.7 Å². The van der Waals surface area contributed by atoms with E-state index in [-0.39, 0.29) is 11.5 Å². The van der Waals surface area contributed by atoms with Crippen molar-refractivity contribution in [3.63, 3.8) is 0 Å². The van der Waals surface area contributed by atoms with Crippen LogP contribution in [0.1, 0.15) is 24.0 Å². The first-order chi connectivity index (χ1) is 15.9. The molecule has 0 spiro atoms. The number of aryl methyl sites for hydroxylation is 3. The number of carbonyl (C=O) groups is 1. The number of rotatable bonds is 7. The van der Waals surface area contributed by atoms with E-state index in [1.54, 1.807) is 22.8 Å². The summed E-state index contributed by atoms with van der Waals surface area (Å²) in [7, 11) is 3.04. The molecule has 4 rings (SSSR count). The van der Waals surface area contributed by atoms with Crippen LogP contribution in [-0.4, -0.2) is 24.6 Å². The number of nitrogens with zero attached hydrogens (tertiary/aromatic N) is 5. The van der Waals surface area contributed by atoms with E-state index in [0.717, 1.165) is 21.4 Å². The van der Waals surface area contributed by atoms with Crippen LogP contribution in [0.3, 0.4) is 0 Å². The second-order valence-electron chi connectivity index (χ2n) is 8.22. The highest BCUT2D eigenvalue weighted by Gasteiger charge is 2.18. The number of anilines is 1. The second-order valence-corrected chi connectivity index (χ2v) is 8.22. The van der Waals surface area contributed by atoms with Gasteiger partial charge in [-0.25, -0.2) is 9.78 Å².